The number of rotatable bonds is 7. The van der Waals surface area contributed by atoms with Crippen LogP contribution in [-0.2, 0) is 19.3 Å². The van der Waals surface area contributed by atoms with E-state index in [9.17, 15) is 14.9 Å². The second kappa shape index (κ2) is 8.01. The number of hydrogen-bond acceptors (Lipinski definition) is 4. The van der Waals surface area contributed by atoms with E-state index in [2.05, 4.69) is 10.2 Å². The second-order valence-electron chi connectivity index (χ2n) is 6.12. The summed E-state index contributed by atoms with van der Waals surface area (Å²) in [7, 11) is 0. The number of halogens is 1. The highest BCUT2D eigenvalue weighted by molar-refractivity contribution is 6.30. The van der Waals surface area contributed by atoms with Crippen LogP contribution in [0, 0.1) is 10.1 Å². The molecule has 0 aliphatic rings. The number of nitrogens with one attached hydrogen (secondary N) is 1. The van der Waals surface area contributed by atoms with Crippen molar-refractivity contribution in [2.45, 2.75) is 19.3 Å². The van der Waals surface area contributed by atoms with E-state index in [0.29, 0.717) is 41.2 Å². The number of primary amides is 1. The standard InChI is InChI=1S/C19H17ClN4O3/c20-14-3-1-2-13(10-14)11-17-18(19(21)25)16(22-23-17)9-6-12-4-7-15(8-5-12)24(26)27/h1-5,7-8,10H,6,9,11H2,(H2,21,25)(H,22,23). The Morgan fingerprint density at radius 2 is 1.89 bits per heavy atom. The largest absolute Gasteiger partial charge is 0.365 e. The smallest absolute Gasteiger partial charge is 0.269 e. The molecule has 0 fully saturated rings. The number of aromatic amines is 1. The van der Waals surface area contributed by atoms with Crippen molar-refractivity contribution in [3.63, 3.8) is 0 Å². The van der Waals surface area contributed by atoms with E-state index < -0.39 is 10.8 Å². The topological polar surface area (TPSA) is 115 Å². The lowest BCUT2D eigenvalue weighted by Crippen LogP contribution is -2.15. The number of carbonyl (C=O) groups is 1. The van der Waals surface area contributed by atoms with Crippen LogP contribution in [0.5, 0.6) is 0 Å². The molecule has 8 heteroatoms. The minimum atomic E-state index is -0.542. The minimum Gasteiger partial charge on any atom is -0.365 e. The summed E-state index contributed by atoms with van der Waals surface area (Å²) in [5.74, 6) is -0.542. The average Bonchev–Trinajstić information content (AvgIpc) is 3.03. The normalized spacial score (nSPS) is 10.7. The van der Waals surface area contributed by atoms with Gasteiger partial charge in [0.05, 0.1) is 21.9 Å². The predicted molar refractivity (Wildman–Crippen MR) is 102 cm³/mol. The second-order valence-corrected chi connectivity index (χ2v) is 6.55. The van der Waals surface area contributed by atoms with Crippen molar-refractivity contribution in [2.75, 3.05) is 0 Å². The Bertz CT molecular complexity index is 983. The van der Waals surface area contributed by atoms with Crippen molar-refractivity contribution in [2.24, 2.45) is 5.73 Å². The molecule has 0 saturated carbocycles. The molecule has 1 heterocycles. The Labute approximate surface area is 160 Å². The minimum absolute atomic E-state index is 0.0418. The molecule has 0 radical (unpaired) electrons. The molecule has 3 rings (SSSR count). The number of nitro groups is 1. The van der Waals surface area contributed by atoms with Crippen LogP contribution in [0.15, 0.2) is 48.5 Å². The Balaban J connectivity index is 1.76. The molecule has 3 N–H and O–H groups in total. The highest BCUT2D eigenvalue weighted by Gasteiger charge is 2.18. The fraction of sp³-hybridized carbons (Fsp3) is 0.158. The molecule has 0 bridgehead atoms. The number of nitrogens with zero attached hydrogens (tertiary/aromatic N) is 2. The number of aryl methyl sites for hydroxylation is 2. The fourth-order valence-corrected chi connectivity index (χ4v) is 3.13. The third-order valence-corrected chi connectivity index (χ3v) is 4.47. The van der Waals surface area contributed by atoms with E-state index in [-0.39, 0.29) is 5.69 Å². The maximum absolute atomic E-state index is 12.0. The van der Waals surface area contributed by atoms with Crippen LogP contribution in [0.3, 0.4) is 0 Å². The van der Waals surface area contributed by atoms with Gasteiger partial charge in [-0.15, -0.1) is 0 Å². The van der Waals surface area contributed by atoms with Crippen LogP contribution in [-0.4, -0.2) is 21.0 Å². The molecule has 0 atom stereocenters. The van der Waals surface area contributed by atoms with Crippen LogP contribution < -0.4 is 5.73 Å². The molecule has 1 amide bonds. The first kappa shape index (κ1) is 18.6. The van der Waals surface area contributed by atoms with Crippen molar-refractivity contribution in [1.82, 2.24) is 10.2 Å². The van der Waals surface area contributed by atoms with Gasteiger partial charge in [0.1, 0.15) is 0 Å². The van der Waals surface area contributed by atoms with Crippen molar-refractivity contribution in [3.8, 4) is 0 Å². The molecular weight excluding hydrogens is 368 g/mol. The van der Waals surface area contributed by atoms with Gasteiger partial charge >= 0.3 is 0 Å². The molecule has 0 saturated heterocycles. The lowest BCUT2D eigenvalue weighted by Gasteiger charge is -2.04. The van der Waals surface area contributed by atoms with Crippen LogP contribution >= 0.6 is 11.6 Å². The van der Waals surface area contributed by atoms with Gasteiger partial charge in [-0.2, -0.15) is 5.10 Å². The molecule has 1 aromatic heterocycles. The van der Waals surface area contributed by atoms with E-state index in [0.717, 1.165) is 11.1 Å². The Hall–Kier alpha value is -3.19. The number of nitro benzene ring substituents is 1. The summed E-state index contributed by atoms with van der Waals surface area (Å²) in [6.07, 6.45) is 1.53. The van der Waals surface area contributed by atoms with E-state index in [4.69, 9.17) is 17.3 Å². The van der Waals surface area contributed by atoms with Crippen molar-refractivity contribution < 1.29 is 9.72 Å². The molecule has 27 heavy (non-hydrogen) atoms. The summed E-state index contributed by atoms with van der Waals surface area (Å²) in [5, 5.41) is 18.5. The van der Waals surface area contributed by atoms with Crippen LogP contribution in [0.25, 0.3) is 0 Å². The molecule has 138 valence electrons. The Morgan fingerprint density at radius 1 is 1.15 bits per heavy atom. The van der Waals surface area contributed by atoms with Gasteiger partial charge in [-0.3, -0.25) is 20.0 Å². The van der Waals surface area contributed by atoms with Gasteiger partial charge in [-0.05, 0) is 36.1 Å². The average molecular weight is 385 g/mol. The van der Waals surface area contributed by atoms with E-state index >= 15 is 0 Å². The van der Waals surface area contributed by atoms with Gasteiger partial charge in [0.2, 0.25) is 0 Å². The molecule has 3 aromatic rings. The Kier molecular flexibility index (Phi) is 5.52. The van der Waals surface area contributed by atoms with E-state index in [1.165, 1.54) is 12.1 Å². The summed E-state index contributed by atoms with van der Waals surface area (Å²) >= 11 is 6.01. The predicted octanol–water partition coefficient (Wildman–Crippen LogP) is 3.45. The van der Waals surface area contributed by atoms with Crippen LogP contribution in [0.1, 0.15) is 32.9 Å². The van der Waals surface area contributed by atoms with Gasteiger partial charge in [0, 0.05) is 23.6 Å². The van der Waals surface area contributed by atoms with Crippen LogP contribution in [0.4, 0.5) is 5.69 Å². The number of carbonyl (C=O) groups excluding carboxylic acids is 1. The summed E-state index contributed by atoms with van der Waals surface area (Å²) in [4.78, 5) is 22.2. The molecular formula is C19H17ClN4O3. The zero-order valence-electron chi connectivity index (χ0n) is 14.3. The summed E-state index contributed by atoms with van der Waals surface area (Å²) in [6, 6.07) is 13.7. The monoisotopic (exact) mass is 384 g/mol. The van der Waals surface area contributed by atoms with Gasteiger partial charge in [0.25, 0.3) is 11.6 Å². The number of aromatic nitrogens is 2. The number of nitrogens with two attached hydrogens (primary N) is 1. The summed E-state index contributed by atoms with van der Waals surface area (Å²) < 4.78 is 0. The zero-order chi connectivity index (χ0) is 19.4. The fourth-order valence-electron chi connectivity index (χ4n) is 2.92. The Morgan fingerprint density at radius 3 is 2.52 bits per heavy atom. The summed E-state index contributed by atoms with van der Waals surface area (Å²) in [5.41, 5.74) is 9.07. The first-order valence-electron chi connectivity index (χ1n) is 8.27. The lowest BCUT2D eigenvalue weighted by atomic mass is 10.0. The van der Waals surface area contributed by atoms with Crippen molar-refractivity contribution >= 4 is 23.2 Å². The summed E-state index contributed by atoms with van der Waals surface area (Å²) in [6.45, 7) is 0. The van der Waals surface area contributed by atoms with Gasteiger partial charge < -0.3 is 5.73 Å². The molecule has 0 spiro atoms. The molecule has 0 unspecified atom stereocenters. The quantitative estimate of drug-likeness (QED) is 0.479. The third kappa shape index (κ3) is 4.51. The highest BCUT2D eigenvalue weighted by atomic mass is 35.5. The van der Waals surface area contributed by atoms with Gasteiger partial charge in [-0.25, -0.2) is 0 Å². The number of benzene rings is 2. The number of hydrogen-bond donors (Lipinski definition) is 2. The molecule has 2 aromatic carbocycles. The molecule has 0 aliphatic carbocycles. The van der Waals surface area contributed by atoms with Gasteiger partial charge in [-0.1, -0.05) is 35.9 Å². The third-order valence-electron chi connectivity index (χ3n) is 4.23. The maximum atomic E-state index is 12.0. The van der Waals surface area contributed by atoms with Crippen LogP contribution in [0.2, 0.25) is 5.02 Å². The SMILES string of the molecule is NC(=O)c1c(CCc2ccc([N+](=O)[O-])cc2)n[nH]c1Cc1cccc(Cl)c1. The molecule has 7 nitrogen and oxygen atoms in total. The number of non-ortho nitro benzene ring substituents is 1. The number of amides is 1. The first-order valence-corrected chi connectivity index (χ1v) is 8.65. The van der Waals surface area contributed by atoms with Crippen molar-refractivity contribution in [1.29, 1.82) is 0 Å². The highest BCUT2D eigenvalue weighted by Crippen LogP contribution is 2.20. The zero-order valence-corrected chi connectivity index (χ0v) is 15.1. The van der Waals surface area contributed by atoms with Crippen molar-refractivity contribution in [3.05, 3.63) is 91.7 Å². The van der Waals surface area contributed by atoms with E-state index in [1.807, 2.05) is 18.2 Å². The lowest BCUT2D eigenvalue weighted by molar-refractivity contribution is -0.384. The maximum Gasteiger partial charge on any atom is 0.269 e. The van der Waals surface area contributed by atoms with Gasteiger partial charge in [0.15, 0.2) is 0 Å². The first-order chi connectivity index (χ1) is 12.9. The number of H-pyrrole nitrogens is 1. The van der Waals surface area contributed by atoms with E-state index in [1.54, 1.807) is 18.2 Å². The molecule has 0 aliphatic heterocycles.